The van der Waals surface area contributed by atoms with Crippen LogP contribution in [-0.4, -0.2) is 34.1 Å². The second-order valence-corrected chi connectivity index (χ2v) is 10.6. The largest absolute Gasteiger partial charge is 0.489 e. The van der Waals surface area contributed by atoms with Crippen LogP contribution in [0.4, 0.5) is 10.3 Å². The summed E-state index contributed by atoms with van der Waals surface area (Å²) in [7, 11) is -3.40. The molecular weight excluding hydrogens is 457 g/mol. The molecule has 0 spiro atoms. The van der Waals surface area contributed by atoms with Crippen molar-refractivity contribution in [1.82, 2.24) is 19.6 Å². The van der Waals surface area contributed by atoms with Crippen molar-refractivity contribution in [1.29, 1.82) is 0 Å². The van der Waals surface area contributed by atoms with Gasteiger partial charge in [0.25, 0.3) is 0 Å². The van der Waals surface area contributed by atoms with Crippen LogP contribution in [0.25, 0.3) is 22.3 Å². The topological polar surface area (TPSA) is 98.5 Å². The molecule has 1 N–H and O–H groups in total. The minimum Gasteiger partial charge on any atom is -0.489 e. The lowest BCUT2D eigenvalue weighted by Crippen LogP contribution is -2.10. The van der Waals surface area contributed by atoms with Crippen LogP contribution in [0.5, 0.6) is 5.75 Å². The molecule has 0 bridgehead atoms. The van der Waals surface area contributed by atoms with Crippen LogP contribution < -0.4 is 10.1 Å². The number of allylic oxidation sites excluding steroid dienone is 1. The maximum Gasteiger partial charge on any atom is 0.210 e. The fraction of sp³-hybridized carbons (Fsp3) is 0.208. The molecule has 0 saturated heterocycles. The second-order valence-electron chi connectivity index (χ2n) is 8.87. The summed E-state index contributed by atoms with van der Waals surface area (Å²) in [6.07, 6.45) is 4.33. The van der Waals surface area contributed by atoms with E-state index in [-0.39, 0.29) is 24.4 Å². The summed E-state index contributed by atoms with van der Waals surface area (Å²) < 4.78 is 46.8. The minimum atomic E-state index is -3.40. The summed E-state index contributed by atoms with van der Waals surface area (Å²) in [6.45, 7) is 2.03. The van der Waals surface area contributed by atoms with Crippen LogP contribution in [0.15, 0.2) is 53.2 Å². The lowest BCUT2D eigenvalue weighted by molar-refractivity contribution is 0.318. The van der Waals surface area contributed by atoms with Crippen molar-refractivity contribution in [3.63, 3.8) is 0 Å². The van der Waals surface area contributed by atoms with E-state index in [1.54, 1.807) is 42.0 Å². The van der Waals surface area contributed by atoms with E-state index in [1.165, 1.54) is 11.5 Å². The SMILES string of the molecule is CC1=CS(=O)(=O)c2ccc(-c3cnc(NCc4c(F)ccc5c4[C@H]4CC4O5)n4cnnc34)cc21. The van der Waals surface area contributed by atoms with Gasteiger partial charge in [0.2, 0.25) is 15.8 Å². The quantitative estimate of drug-likeness (QED) is 0.477. The van der Waals surface area contributed by atoms with Gasteiger partial charge in [-0.2, -0.15) is 0 Å². The van der Waals surface area contributed by atoms with Gasteiger partial charge in [-0.3, -0.25) is 4.40 Å². The third kappa shape index (κ3) is 2.75. The Morgan fingerprint density at radius 3 is 3.00 bits per heavy atom. The van der Waals surface area contributed by atoms with Gasteiger partial charge in [-0.15, -0.1) is 10.2 Å². The maximum atomic E-state index is 14.7. The molecule has 8 nitrogen and oxygen atoms in total. The molecule has 7 rings (SSSR count). The highest BCUT2D eigenvalue weighted by Crippen LogP contribution is 2.55. The molecule has 4 aromatic rings. The molecule has 1 unspecified atom stereocenters. The van der Waals surface area contributed by atoms with E-state index in [4.69, 9.17) is 4.74 Å². The third-order valence-corrected chi connectivity index (χ3v) is 8.38. The maximum absolute atomic E-state index is 14.7. The first-order chi connectivity index (χ1) is 16.4. The minimum absolute atomic E-state index is 0.179. The molecule has 2 atom stereocenters. The van der Waals surface area contributed by atoms with Gasteiger partial charge < -0.3 is 10.1 Å². The summed E-state index contributed by atoms with van der Waals surface area (Å²) in [6, 6.07) is 8.33. The number of benzene rings is 2. The molecule has 1 aliphatic carbocycles. The van der Waals surface area contributed by atoms with Crippen molar-refractivity contribution < 1.29 is 17.5 Å². The van der Waals surface area contributed by atoms with E-state index < -0.39 is 9.84 Å². The normalized spacial score (nSPS) is 20.9. The first-order valence-corrected chi connectivity index (χ1v) is 12.4. The molecule has 170 valence electrons. The Labute approximate surface area is 194 Å². The zero-order valence-electron chi connectivity index (χ0n) is 18.0. The highest BCUT2D eigenvalue weighted by atomic mass is 32.2. The Bertz CT molecular complexity index is 1680. The number of hydrogen-bond donors (Lipinski definition) is 1. The predicted molar refractivity (Wildman–Crippen MR) is 123 cm³/mol. The summed E-state index contributed by atoms with van der Waals surface area (Å²) in [5, 5.41) is 12.8. The van der Waals surface area contributed by atoms with Gasteiger partial charge in [0.1, 0.15) is 24.0 Å². The lowest BCUT2D eigenvalue weighted by Gasteiger charge is -2.14. The van der Waals surface area contributed by atoms with Gasteiger partial charge in [0.15, 0.2) is 5.65 Å². The highest BCUT2D eigenvalue weighted by molar-refractivity contribution is 7.95. The number of hydrogen-bond acceptors (Lipinski definition) is 7. The molecule has 2 aromatic heterocycles. The number of aromatic nitrogens is 4. The summed E-state index contributed by atoms with van der Waals surface area (Å²) in [4.78, 5) is 4.85. The van der Waals surface area contributed by atoms with E-state index in [9.17, 15) is 12.8 Å². The van der Waals surface area contributed by atoms with Crippen molar-refractivity contribution in [2.24, 2.45) is 0 Å². The number of sulfone groups is 1. The van der Waals surface area contributed by atoms with E-state index in [0.29, 0.717) is 38.8 Å². The molecule has 2 aromatic carbocycles. The third-order valence-electron chi connectivity index (χ3n) is 6.75. The molecule has 0 radical (unpaired) electrons. The van der Waals surface area contributed by atoms with Crippen LogP contribution in [0, 0.1) is 5.82 Å². The summed E-state index contributed by atoms with van der Waals surface area (Å²) in [5.41, 5.74) is 4.96. The number of anilines is 1. The zero-order valence-corrected chi connectivity index (χ0v) is 18.8. The van der Waals surface area contributed by atoms with Gasteiger partial charge in [-0.1, -0.05) is 6.07 Å². The van der Waals surface area contributed by atoms with Crippen LogP contribution in [-0.2, 0) is 16.4 Å². The lowest BCUT2D eigenvalue weighted by atomic mass is 10.0. The van der Waals surface area contributed by atoms with Crippen molar-refractivity contribution in [3.05, 3.63) is 70.8 Å². The fourth-order valence-corrected chi connectivity index (χ4v) is 6.51. The molecular formula is C24H18FN5O3S. The van der Waals surface area contributed by atoms with Crippen LogP contribution in [0.2, 0.25) is 0 Å². The predicted octanol–water partition coefficient (Wildman–Crippen LogP) is 3.94. The smallest absolute Gasteiger partial charge is 0.210 e. The highest BCUT2D eigenvalue weighted by Gasteiger charge is 2.49. The van der Waals surface area contributed by atoms with Crippen LogP contribution in [0.3, 0.4) is 0 Å². The molecule has 0 amide bonds. The molecule has 2 aliphatic heterocycles. The number of nitrogens with one attached hydrogen (secondary N) is 1. The molecule has 34 heavy (non-hydrogen) atoms. The van der Waals surface area contributed by atoms with Crippen molar-refractivity contribution >= 4 is 27.0 Å². The monoisotopic (exact) mass is 475 g/mol. The summed E-state index contributed by atoms with van der Waals surface area (Å²) >= 11 is 0. The molecule has 3 aliphatic rings. The molecule has 1 saturated carbocycles. The molecule has 1 fully saturated rings. The van der Waals surface area contributed by atoms with Crippen molar-refractivity contribution in [2.45, 2.75) is 36.8 Å². The van der Waals surface area contributed by atoms with Gasteiger partial charge in [-0.25, -0.2) is 17.8 Å². The van der Waals surface area contributed by atoms with Gasteiger partial charge in [-0.05, 0) is 54.3 Å². The number of halogens is 1. The van der Waals surface area contributed by atoms with Gasteiger partial charge >= 0.3 is 0 Å². The van der Waals surface area contributed by atoms with E-state index >= 15 is 0 Å². The molecule has 10 heteroatoms. The Hall–Kier alpha value is -3.79. The number of rotatable bonds is 4. The van der Waals surface area contributed by atoms with Crippen LogP contribution in [0.1, 0.15) is 36.0 Å². The van der Waals surface area contributed by atoms with Crippen LogP contribution >= 0.6 is 0 Å². The van der Waals surface area contributed by atoms with E-state index in [1.807, 2.05) is 6.07 Å². The average Bonchev–Trinajstić information content (AvgIpc) is 3.14. The average molecular weight is 476 g/mol. The van der Waals surface area contributed by atoms with E-state index in [0.717, 1.165) is 23.3 Å². The van der Waals surface area contributed by atoms with E-state index in [2.05, 4.69) is 20.5 Å². The Morgan fingerprint density at radius 2 is 2.12 bits per heavy atom. The molecule has 4 heterocycles. The fourth-order valence-electron chi connectivity index (χ4n) is 5.01. The number of fused-ring (bicyclic) bond motifs is 5. The number of ether oxygens (including phenoxy) is 1. The van der Waals surface area contributed by atoms with Crippen molar-refractivity contribution in [2.75, 3.05) is 5.32 Å². The second kappa shape index (κ2) is 6.63. The van der Waals surface area contributed by atoms with Crippen molar-refractivity contribution in [3.8, 4) is 16.9 Å². The van der Waals surface area contributed by atoms with Gasteiger partial charge in [0, 0.05) is 40.8 Å². The summed E-state index contributed by atoms with van der Waals surface area (Å²) in [5.74, 6) is 1.25. The Kier molecular flexibility index (Phi) is 3.83. The Balaban J connectivity index is 1.25. The Morgan fingerprint density at radius 1 is 1.24 bits per heavy atom. The van der Waals surface area contributed by atoms with Gasteiger partial charge in [0.05, 0.1) is 4.90 Å². The zero-order chi connectivity index (χ0) is 23.2. The standard InChI is InChI=1S/C24H18FN5O3S/c1-12-10-34(31,32)21-5-2-13(6-14(12)21)16-8-26-24(30-11-28-29-23(16)30)27-9-17-18(25)3-4-19-22(17)15-7-20(15)33-19/h2-6,8,10-11,15,20H,7,9H2,1H3,(H,26,27)/t15-,20?/m0/s1. The first-order valence-electron chi connectivity index (χ1n) is 10.9. The number of nitrogens with zero attached hydrogens (tertiary/aromatic N) is 4. The first kappa shape index (κ1) is 19.7.